The molecule has 0 atom stereocenters. The van der Waals surface area contributed by atoms with Crippen LogP contribution in [0.15, 0.2) is 36.4 Å². The summed E-state index contributed by atoms with van der Waals surface area (Å²) in [5.41, 5.74) is -2.27. The molecule has 0 saturated carbocycles. The first-order chi connectivity index (χ1) is 18.3. The summed E-state index contributed by atoms with van der Waals surface area (Å²) in [4.78, 5) is 18.3. The number of fused-ring (bicyclic) bond motifs is 1. The number of hydrogen-bond acceptors (Lipinski definition) is 4. The molecule has 0 aliphatic heterocycles. The lowest BCUT2D eigenvalue weighted by atomic mass is 9.93. The van der Waals surface area contributed by atoms with Crippen molar-refractivity contribution in [3.8, 4) is 11.3 Å². The average molecular weight is 625 g/mol. The minimum absolute atomic E-state index is 0.000853. The first-order valence-corrected chi connectivity index (χ1v) is 9.98. The molecule has 3 aromatic rings. The van der Waals surface area contributed by atoms with Crippen LogP contribution < -0.4 is 5.32 Å². The van der Waals surface area contributed by atoms with Crippen molar-refractivity contribution in [2.24, 2.45) is 0 Å². The minimum Gasteiger partial charge on any atom is -0.288 e. The molecule has 0 spiro atoms. The molecule has 0 aliphatic carbocycles. The van der Waals surface area contributed by atoms with E-state index >= 15 is 0 Å². The van der Waals surface area contributed by atoms with Crippen molar-refractivity contribution in [1.29, 1.82) is 0 Å². The fourth-order valence-electron chi connectivity index (χ4n) is 2.97. The van der Waals surface area contributed by atoms with E-state index in [1.165, 1.54) is 30.3 Å². The largest absolute Gasteiger partial charge is 0.460 e. The molecule has 3 rings (SSSR count). The summed E-state index contributed by atoms with van der Waals surface area (Å²) in [7, 11) is 0. The maximum absolute atomic E-state index is 14.0. The molecule has 0 saturated heterocycles. The molecular formula is C19H7F16N5O. The normalized spacial score (nSPS) is 14.4. The number of benzene rings is 1. The Labute approximate surface area is 214 Å². The third kappa shape index (κ3) is 4.85. The van der Waals surface area contributed by atoms with Crippen molar-refractivity contribution < 1.29 is 75.0 Å². The van der Waals surface area contributed by atoms with Crippen LogP contribution in [0.25, 0.3) is 17.0 Å². The van der Waals surface area contributed by atoms with Gasteiger partial charge in [-0.3, -0.25) is 10.1 Å². The summed E-state index contributed by atoms with van der Waals surface area (Å²) in [5, 5.41) is 3.34. The van der Waals surface area contributed by atoms with Crippen LogP contribution in [0.4, 0.5) is 76.2 Å². The van der Waals surface area contributed by atoms with Crippen LogP contribution in [0.5, 0.6) is 0 Å². The van der Waals surface area contributed by atoms with Gasteiger partial charge < -0.3 is 0 Å². The second-order valence-corrected chi connectivity index (χ2v) is 7.86. The van der Waals surface area contributed by atoms with E-state index in [-0.39, 0.29) is 10.1 Å². The van der Waals surface area contributed by atoms with Gasteiger partial charge in [0.25, 0.3) is 11.7 Å². The molecule has 1 aromatic carbocycles. The SMILES string of the molecule is O=C(Nc1nc2nc(-c3ccccc3)cc(C(F)(F)F)n2n1)C(F)(F)C(F)(F)C(F)(F)C(F)(F)C(F)(F)C(F)(F)F. The molecule has 1 N–H and O–H groups in total. The second-order valence-electron chi connectivity index (χ2n) is 7.86. The summed E-state index contributed by atoms with van der Waals surface area (Å²) in [6.45, 7) is 0. The van der Waals surface area contributed by atoms with Crippen LogP contribution in [0.2, 0.25) is 0 Å². The Kier molecular flexibility index (Phi) is 7.20. The second kappa shape index (κ2) is 9.33. The Morgan fingerprint density at radius 3 is 1.68 bits per heavy atom. The summed E-state index contributed by atoms with van der Waals surface area (Å²) in [6.07, 6.45) is -13.0. The van der Waals surface area contributed by atoms with E-state index in [2.05, 4.69) is 15.1 Å². The van der Waals surface area contributed by atoms with Gasteiger partial charge in [-0.25, -0.2) is 4.98 Å². The number of anilines is 1. The number of rotatable bonds is 7. The first-order valence-electron chi connectivity index (χ1n) is 9.98. The number of nitrogens with zero attached hydrogens (tertiary/aromatic N) is 4. The molecular weight excluding hydrogens is 618 g/mol. The molecule has 0 fully saturated rings. The van der Waals surface area contributed by atoms with Crippen molar-refractivity contribution in [3.05, 3.63) is 42.1 Å². The predicted octanol–water partition coefficient (Wildman–Crippen LogP) is 6.49. The van der Waals surface area contributed by atoms with Crippen LogP contribution in [0, 0.1) is 0 Å². The monoisotopic (exact) mass is 625 g/mol. The topological polar surface area (TPSA) is 72.2 Å². The fourth-order valence-corrected chi connectivity index (χ4v) is 2.97. The third-order valence-electron chi connectivity index (χ3n) is 5.12. The van der Waals surface area contributed by atoms with Gasteiger partial charge >= 0.3 is 47.9 Å². The van der Waals surface area contributed by atoms with Crippen LogP contribution in [0.3, 0.4) is 0 Å². The first kappa shape index (κ1) is 31.6. The van der Waals surface area contributed by atoms with E-state index in [1.807, 2.05) is 0 Å². The number of amides is 1. The quantitative estimate of drug-likeness (QED) is 0.305. The molecule has 0 aliphatic rings. The van der Waals surface area contributed by atoms with Gasteiger partial charge in [0.05, 0.1) is 5.69 Å². The molecule has 2 aromatic heterocycles. The van der Waals surface area contributed by atoms with Crippen molar-refractivity contribution in [2.75, 3.05) is 5.32 Å². The van der Waals surface area contributed by atoms with Gasteiger partial charge in [-0.05, 0) is 6.07 Å². The van der Waals surface area contributed by atoms with E-state index in [1.54, 1.807) is 0 Å². The third-order valence-corrected chi connectivity index (χ3v) is 5.12. The van der Waals surface area contributed by atoms with Crippen LogP contribution in [-0.2, 0) is 11.0 Å². The molecule has 41 heavy (non-hydrogen) atoms. The maximum Gasteiger partial charge on any atom is 0.460 e. The van der Waals surface area contributed by atoms with E-state index in [0.29, 0.717) is 11.4 Å². The van der Waals surface area contributed by atoms with Crippen molar-refractivity contribution in [1.82, 2.24) is 19.6 Å². The van der Waals surface area contributed by atoms with Crippen molar-refractivity contribution in [2.45, 2.75) is 42.0 Å². The molecule has 0 radical (unpaired) electrons. The van der Waals surface area contributed by atoms with E-state index in [0.717, 1.165) is 0 Å². The highest BCUT2D eigenvalue weighted by Gasteiger charge is 2.91. The molecule has 6 nitrogen and oxygen atoms in total. The lowest BCUT2D eigenvalue weighted by molar-refractivity contribution is -0.435. The Morgan fingerprint density at radius 1 is 0.683 bits per heavy atom. The van der Waals surface area contributed by atoms with Gasteiger partial charge in [0.1, 0.15) is 0 Å². The van der Waals surface area contributed by atoms with Crippen molar-refractivity contribution >= 4 is 17.6 Å². The molecule has 2 heterocycles. The summed E-state index contributed by atoms with van der Waals surface area (Å²) < 4.78 is 212. The standard InChI is InChI=1S/C19H7F16N5O/c20-13(21,15(25,26)16(27,28)17(29,30)18(31,32)19(33,34)35)10(41)37-11-38-12-36-8(7-4-2-1-3-5-7)6-9(14(22,23)24)40(12)39-11/h1-6H,(H,37,39,41). The van der Waals surface area contributed by atoms with Gasteiger partial charge in [0, 0.05) is 5.56 Å². The molecule has 1 amide bonds. The van der Waals surface area contributed by atoms with Crippen LogP contribution in [-0.4, -0.2) is 61.3 Å². The Morgan fingerprint density at radius 2 is 1.20 bits per heavy atom. The Bertz CT molecular complexity index is 1450. The lowest BCUT2D eigenvalue weighted by Gasteiger charge is -2.39. The predicted molar refractivity (Wildman–Crippen MR) is 101 cm³/mol. The minimum atomic E-state index is -8.26. The highest BCUT2D eigenvalue weighted by atomic mass is 19.4. The van der Waals surface area contributed by atoms with Gasteiger partial charge in [-0.2, -0.15) is 79.7 Å². The van der Waals surface area contributed by atoms with Crippen LogP contribution in [0.1, 0.15) is 5.69 Å². The Balaban J connectivity index is 2.04. The number of carbonyl (C=O) groups excluding carboxylic acids is 1. The molecule has 22 heteroatoms. The lowest BCUT2D eigenvalue weighted by Crippen LogP contribution is -2.71. The number of aromatic nitrogens is 4. The fraction of sp³-hybridized carbons (Fsp3) is 0.368. The molecule has 0 unspecified atom stereocenters. The zero-order valence-electron chi connectivity index (χ0n) is 18.7. The summed E-state index contributed by atoms with van der Waals surface area (Å²) in [5.74, 6) is -46.5. The van der Waals surface area contributed by atoms with E-state index in [9.17, 15) is 75.0 Å². The highest BCUT2D eigenvalue weighted by Crippen LogP contribution is 2.60. The zero-order chi connectivity index (χ0) is 31.6. The highest BCUT2D eigenvalue weighted by molar-refractivity contribution is 5.95. The molecule has 0 bridgehead atoms. The van der Waals surface area contributed by atoms with Gasteiger partial charge in [0.2, 0.25) is 0 Å². The number of nitrogens with one attached hydrogen (secondary N) is 1. The summed E-state index contributed by atoms with van der Waals surface area (Å²) >= 11 is 0. The number of carbonyl (C=O) groups is 1. The van der Waals surface area contributed by atoms with E-state index in [4.69, 9.17) is 0 Å². The number of alkyl halides is 16. The van der Waals surface area contributed by atoms with Crippen molar-refractivity contribution in [3.63, 3.8) is 0 Å². The number of hydrogen-bond donors (Lipinski definition) is 1. The average Bonchev–Trinajstić information content (AvgIpc) is 3.24. The van der Waals surface area contributed by atoms with Crippen LogP contribution >= 0.6 is 0 Å². The zero-order valence-corrected chi connectivity index (χ0v) is 18.7. The van der Waals surface area contributed by atoms with Gasteiger partial charge in [-0.15, -0.1) is 5.10 Å². The Hall–Kier alpha value is -3.88. The van der Waals surface area contributed by atoms with E-state index < -0.39 is 71.0 Å². The van der Waals surface area contributed by atoms with Gasteiger partial charge in [-0.1, -0.05) is 30.3 Å². The van der Waals surface area contributed by atoms with Gasteiger partial charge in [0.15, 0.2) is 5.69 Å². The smallest absolute Gasteiger partial charge is 0.288 e. The number of halogens is 16. The maximum atomic E-state index is 14.0. The molecule has 226 valence electrons. The summed E-state index contributed by atoms with van der Waals surface area (Å²) in [6, 6.07) is 6.93.